The maximum atomic E-state index is 5.82. The van der Waals surface area contributed by atoms with Gasteiger partial charge in [0.05, 0.1) is 26.9 Å². The first-order valence-electron chi connectivity index (χ1n) is 6.96. The van der Waals surface area contributed by atoms with Crippen molar-refractivity contribution < 1.29 is 18.6 Å². The number of rotatable bonds is 5. The molecular weight excluding hydrogens is 296 g/mol. The second-order valence-electron chi connectivity index (χ2n) is 4.65. The summed E-state index contributed by atoms with van der Waals surface area (Å²) in [5, 5.41) is 8.24. The van der Waals surface area contributed by atoms with Crippen LogP contribution < -0.4 is 14.2 Å². The van der Waals surface area contributed by atoms with Crippen molar-refractivity contribution in [1.29, 1.82) is 0 Å². The zero-order chi connectivity index (χ0) is 16.2. The Morgan fingerprint density at radius 3 is 1.91 bits per heavy atom. The Balaban J connectivity index is 2.10. The zero-order valence-corrected chi connectivity index (χ0v) is 13.1. The number of ether oxygens (including phenoxy) is 3. The van der Waals surface area contributed by atoms with E-state index in [1.165, 1.54) is 0 Å². The molecule has 0 radical (unpaired) electrons. The molecule has 0 amide bonds. The molecule has 0 aliphatic rings. The number of para-hydroxylation sites is 1. The fraction of sp³-hybridized carbons (Fsp3) is 0.176. The third-order valence-electron chi connectivity index (χ3n) is 3.40. The molecule has 2 aromatic carbocycles. The van der Waals surface area contributed by atoms with Crippen LogP contribution in [0.1, 0.15) is 0 Å². The summed E-state index contributed by atoms with van der Waals surface area (Å²) in [6, 6.07) is 12.9. The van der Waals surface area contributed by atoms with Crippen molar-refractivity contribution in [1.82, 2.24) is 10.2 Å². The molecule has 6 nitrogen and oxygen atoms in total. The molecule has 0 N–H and O–H groups in total. The van der Waals surface area contributed by atoms with Gasteiger partial charge in [-0.25, -0.2) is 0 Å². The van der Waals surface area contributed by atoms with Crippen LogP contribution in [0.4, 0.5) is 0 Å². The Hall–Kier alpha value is -3.02. The van der Waals surface area contributed by atoms with Gasteiger partial charge in [-0.05, 0) is 24.3 Å². The molecule has 0 fully saturated rings. The molecule has 0 saturated heterocycles. The van der Waals surface area contributed by atoms with Crippen LogP contribution in [0.15, 0.2) is 46.9 Å². The molecule has 0 aliphatic heterocycles. The van der Waals surface area contributed by atoms with Gasteiger partial charge in [-0.3, -0.25) is 0 Å². The highest BCUT2D eigenvalue weighted by atomic mass is 16.5. The Kier molecular flexibility index (Phi) is 4.14. The molecule has 3 aromatic rings. The van der Waals surface area contributed by atoms with Crippen LogP contribution in [0.3, 0.4) is 0 Å². The molecule has 0 bridgehead atoms. The average molecular weight is 312 g/mol. The monoisotopic (exact) mass is 312 g/mol. The van der Waals surface area contributed by atoms with Crippen LogP contribution in [0, 0.1) is 0 Å². The number of hydrogen-bond acceptors (Lipinski definition) is 6. The molecular formula is C17H16N2O4. The van der Waals surface area contributed by atoms with E-state index < -0.39 is 0 Å². The van der Waals surface area contributed by atoms with Gasteiger partial charge in [-0.1, -0.05) is 18.2 Å². The van der Waals surface area contributed by atoms with Crippen molar-refractivity contribution >= 4 is 0 Å². The predicted octanol–water partition coefficient (Wildman–Crippen LogP) is 3.43. The lowest BCUT2D eigenvalue weighted by Crippen LogP contribution is -1.92. The Morgan fingerprint density at radius 1 is 0.696 bits per heavy atom. The fourth-order valence-corrected chi connectivity index (χ4v) is 2.32. The first-order valence-corrected chi connectivity index (χ1v) is 6.96. The third-order valence-corrected chi connectivity index (χ3v) is 3.40. The fourth-order valence-electron chi connectivity index (χ4n) is 2.32. The van der Waals surface area contributed by atoms with Crippen molar-refractivity contribution in [2.75, 3.05) is 21.3 Å². The topological polar surface area (TPSA) is 66.6 Å². The quantitative estimate of drug-likeness (QED) is 0.719. The van der Waals surface area contributed by atoms with Crippen molar-refractivity contribution in [3.8, 4) is 40.2 Å². The second-order valence-corrected chi connectivity index (χ2v) is 4.65. The van der Waals surface area contributed by atoms with Crippen molar-refractivity contribution in [3.63, 3.8) is 0 Å². The number of aromatic nitrogens is 2. The SMILES string of the molecule is COc1ccccc1-c1nnc(-c2c(OC)cccc2OC)o1. The van der Waals surface area contributed by atoms with Gasteiger partial charge in [0.1, 0.15) is 22.8 Å². The average Bonchev–Trinajstić information content (AvgIpc) is 3.10. The molecule has 1 aromatic heterocycles. The third kappa shape index (κ3) is 2.70. The molecule has 0 saturated carbocycles. The van der Waals surface area contributed by atoms with Gasteiger partial charge in [0.2, 0.25) is 0 Å². The molecule has 1 heterocycles. The number of hydrogen-bond donors (Lipinski definition) is 0. The summed E-state index contributed by atoms with van der Waals surface area (Å²) >= 11 is 0. The maximum absolute atomic E-state index is 5.82. The van der Waals surface area contributed by atoms with Crippen molar-refractivity contribution in [2.24, 2.45) is 0 Å². The highest BCUT2D eigenvalue weighted by molar-refractivity contribution is 5.72. The van der Waals surface area contributed by atoms with E-state index in [2.05, 4.69) is 10.2 Å². The van der Waals surface area contributed by atoms with Crippen LogP contribution in [0.5, 0.6) is 17.2 Å². The highest BCUT2D eigenvalue weighted by Gasteiger charge is 2.20. The minimum Gasteiger partial charge on any atom is -0.496 e. The van der Waals surface area contributed by atoms with Gasteiger partial charge < -0.3 is 18.6 Å². The minimum atomic E-state index is 0.320. The highest BCUT2D eigenvalue weighted by Crippen LogP contribution is 2.39. The lowest BCUT2D eigenvalue weighted by atomic mass is 10.1. The van der Waals surface area contributed by atoms with E-state index in [0.717, 1.165) is 5.56 Å². The Morgan fingerprint density at radius 2 is 1.26 bits per heavy atom. The van der Waals surface area contributed by atoms with Gasteiger partial charge in [-0.2, -0.15) is 0 Å². The standard InChI is InChI=1S/C17H16N2O4/c1-20-12-8-5-4-7-11(12)16-18-19-17(23-16)15-13(21-2)9-6-10-14(15)22-3/h4-10H,1-3H3. The Bertz CT molecular complexity index is 792. The maximum Gasteiger partial charge on any atom is 0.255 e. The molecule has 6 heteroatoms. The lowest BCUT2D eigenvalue weighted by Gasteiger charge is -2.09. The van der Waals surface area contributed by atoms with E-state index in [1.54, 1.807) is 21.3 Å². The number of benzene rings is 2. The summed E-state index contributed by atoms with van der Waals surface area (Å²) in [5.41, 5.74) is 1.34. The van der Waals surface area contributed by atoms with Crippen LogP contribution >= 0.6 is 0 Å². The Labute approximate surface area is 133 Å². The first-order chi connectivity index (χ1) is 11.3. The van der Waals surface area contributed by atoms with E-state index in [4.69, 9.17) is 18.6 Å². The van der Waals surface area contributed by atoms with Crippen LogP contribution in [-0.4, -0.2) is 31.5 Å². The van der Waals surface area contributed by atoms with Gasteiger partial charge in [0.15, 0.2) is 0 Å². The summed E-state index contributed by atoms with van der Waals surface area (Å²) in [6.45, 7) is 0. The lowest BCUT2D eigenvalue weighted by molar-refractivity contribution is 0.394. The van der Waals surface area contributed by atoms with E-state index in [0.29, 0.717) is 34.6 Å². The minimum absolute atomic E-state index is 0.320. The van der Waals surface area contributed by atoms with E-state index >= 15 is 0 Å². The molecule has 0 atom stereocenters. The zero-order valence-electron chi connectivity index (χ0n) is 13.1. The summed E-state index contributed by atoms with van der Waals surface area (Å²) in [4.78, 5) is 0. The van der Waals surface area contributed by atoms with Crippen LogP contribution in [0.2, 0.25) is 0 Å². The smallest absolute Gasteiger partial charge is 0.255 e. The first kappa shape index (κ1) is 14.9. The van der Waals surface area contributed by atoms with E-state index in [1.807, 2.05) is 42.5 Å². The largest absolute Gasteiger partial charge is 0.496 e. The molecule has 0 aliphatic carbocycles. The van der Waals surface area contributed by atoms with Gasteiger partial charge in [0, 0.05) is 0 Å². The van der Waals surface area contributed by atoms with Crippen molar-refractivity contribution in [2.45, 2.75) is 0 Å². The number of nitrogens with zero attached hydrogens (tertiary/aromatic N) is 2. The van der Waals surface area contributed by atoms with Crippen LogP contribution in [0.25, 0.3) is 22.9 Å². The molecule has 0 unspecified atom stereocenters. The predicted molar refractivity (Wildman–Crippen MR) is 84.8 cm³/mol. The summed E-state index contributed by atoms with van der Waals surface area (Å²) < 4.78 is 21.9. The molecule has 0 spiro atoms. The molecule has 23 heavy (non-hydrogen) atoms. The normalized spacial score (nSPS) is 10.4. The van der Waals surface area contributed by atoms with E-state index in [-0.39, 0.29) is 0 Å². The summed E-state index contributed by atoms with van der Waals surface area (Å²) in [6.07, 6.45) is 0. The molecule has 3 rings (SSSR count). The number of methoxy groups -OCH3 is 3. The van der Waals surface area contributed by atoms with E-state index in [9.17, 15) is 0 Å². The van der Waals surface area contributed by atoms with Gasteiger partial charge in [-0.15, -0.1) is 10.2 Å². The summed E-state index contributed by atoms with van der Waals surface area (Å²) in [7, 11) is 4.75. The van der Waals surface area contributed by atoms with Crippen molar-refractivity contribution in [3.05, 3.63) is 42.5 Å². The second kappa shape index (κ2) is 6.39. The van der Waals surface area contributed by atoms with Gasteiger partial charge in [0.25, 0.3) is 11.8 Å². The van der Waals surface area contributed by atoms with Crippen LogP contribution in [-0.2, 0) is 0 Å². The molecule has 118 valence electrons. The van der Waals surface area contributed by atoms with Gasteiger partial charge >= 0.3 is 0 Å². The summed E-state index contributed by atoms with van der Waals surface area (Å²) in [5.74, 6) is 2.54.